The summed E-state index contributed by atoms with van der Waals surface area (Å²) in [5, 5.41) is 2.89. The highest BCUT2D eigenvalue weighted by Crippen LogP contribution is 2.38. The summed E-state index contributed by atoms with van der Waals surface area (Å²) in [6.07, 6.45) is 3.44. The Morgan fingerprint density at radius 2 is 1.91 bits per heavy atom. The van der Waals surface area contributed by atoms with Crippen molar-refractivity contribution in [3.05, 3.63) is 77.1 Å². The second-order valence-electron chi connectivity index (χ2n) is 8.44. The number of amides is 3. The molecule has 1 unspecified atom stereocenters. The van der Waals surface area contributed by atoms with Crippen LogP contribution in [0.25, 0.3) is 11.1 Å². The number of nitrogens with one attached hydrogen (secondary N) is 1. The fourth-order valence-electron chi connectivity index (χ4n) is 4.42. The first-order valence-electron chi connectivity index (χ1n) is 11.1. The van der Waals surface area contributed by atoms with Gasteiger partial charge in [-0.1, -0.05) is 54.1 Å². The summed E-state index contributed by atoms with van der Waals surface area (Å²) in [4.78, 5) is 42.4. The molecule has 2 atom stereocenters. The summed E-state index contributed by atoms with van der Waals surface area (Å²) < 4.78 is 5.68. The van der Waals surface area contributed by atoms with Gasteiger partial charge < -0.3 is 9.64 Å². The van der Waals surface area contributed by atoms with Gasteiger partial charge in [0.2, 0.25) is 11.8 Å². The lowest BCUT2D eigenvalue weighted by atomic mass is 9.88. The molecule has 2 aromatic carbocycles. The van der Waals surface area contributed by atoms with Crippen LogP contribution in [0.2, 0.25) is 5.02 Å². The van der Waals surface area contributed by atoms with E-state index in [9.17, 15) is 14.4 Å². The molecule has 5 rings (SSSR count). The van der Waals surface area contributed by atoms with E-state index in [0.717, 1.165) is 16.7 Å². The van der Waals surface area contributed by atoms with Crippen molar-refractivity contribution >= 4 is 35.0 Å². The zero-order valence-corrected chi connectivity index (χ0v) is 19.2. The highest BCUT2D eigenvalue weighted by atomic mass is 35.5. The van der Waals surface area contributed by atoms with Crippen molar-refractivity contribution in [1.82, 2.24) is 10.3 Å². The largest absolute Gasteiger partial charge is 0.479 e. The Kier molecular flexibility index (Phi) is 5.79. The lowest BCUT2D eigenvalue weighted by molar-refractivity contribution is -0.134. The number of carbonyl (C=O) groups is 3. The predicted octanol–water partition coefficient (Wildman–Crippen LogP) is 4.24. The standard InChI is InChI=1S/C26H22ClN3O4/c1-15-26(33)30(21-13-28-12-11-22(21)34-15)14-16-5-7-17(8-6-16)18-3-2-4-19(24(18)27)20-9-10-23(31)29-25(20)32/h2-8,11-13,15,20H,9-10,14H2,1H3,(H,29,31,32)/t15?,20-/m1/s1. The van der Waals surface area contributed by atoms with Crippen molar-refractivity contribution in [3.8, 4) is 16.9 Å². The number of hydrogen-bond acceptors (Lipinski definition) is 5. The quantitative estimate of drug-likeness (QED) is 0.570. The van der Waals surface area contributed by atoms with Gasteiger partial charge in [-0.15, -0.1) is 0 Å². The van der Waals surface area contributed by atoms with Crippen LogP contribution in [0.3, 0.4) is 0 Å². The molecule has 1 aromatic heterocycles. The molecule has 0 bridgehead atoms. The molecule has 3 heterocycles. The van der Waals surface area contributed by atoms with Crippen molar-refractivity contribution in [3.63, 3.8) is 0 Å². The Hall–Kier alpha value is -3.71. The average Bonchev–Trinajstić information content (AvgIpc) is 2.83. The van der Waals surface area contributed by atoms with E-state index < -0.39 is 12.0 Å². The number of halogens is 1. The molecule has 0 aliphatic carbocycles. The Morgan fingerprint density at radius 1 is 1.12 bits per heavy atom. The van der Waals surface area contributed by atoms with Gasteiger partial charge in [0.15, 0.2) is 6.10 Å². The number of pyridine rings is 1. The van der Waals surface area contributed by atoms with E-state index in [0.29, 0.717) is 41.4 Å². The summed E-state index contributed by atoms with van der Waals surface area (Å²) in [6, 6.07) is 15.2. The lowest BCUT2D eigenvalue weighted by Crippen LogP contribution is -2.44. The Morgan fingerprint density at radius 3 is 2.68 bits per heavy atom. The monoisotopic (exact) mass is 475 g/mol. The van der Waals surface area contributed by atoms with Crippen LogP contribution in [0.5, 0.6) is 5.75 Å². The summed E-state index contributed by atoms with van der Waals surface area (Å²) in [6.45, 7) is 2.12. The predicted molar refractivity (Wildman–Crippen MR) is 128 cm³/mol. The summed E-state index contributed by atoms with van der Waals surface area (Å²) in [5.41, 5.74) is 4.01. The van der Waals surface area contributed by atoms with Gasteiger partial charge in [0.1, 0.15) is 11.4 Å². The normalized spacial score (nSPS) is 19.9. The van der Waals surface area contributed by atoms with Crippen molar-refractivity contribution in [1.29, 1.82) is 0 Å². The molecular weight excluding hydrogens is 454 g/mol. The second kappa shape index (κ2) is 8.91. The molecular formula is C26H22ClN3O4. The first-order valence-corrected chi connectivity index (χ1v) is 11.4. The van der Waals surface area contributed by atoms with Crippen molar-refractivity contribution < 1.29 is 19.1 Å². The number of aromatic nitrogens is 1. The molecule has 2 aliphatic rings. The molecule has 3 aromatic rings. The summed E-state index contributed by atoms with van der Waals surface area (Å²) >= 11 is 6.73. The van der Waals surface area contributed by atoms with Crippen LogP contribution < -0.4 is 15.0 Å². The first-order chi connectivity index (χ1) is 16.4. The Labute approximate surface area is 201 Å². The van der Waals surface area contributed by atoms with E-state index in [1.54, 1.807) is 30.3 Å². The van der Waals surface area contributed by atoms with Crippen LogP contribution in [0.15, 0.2) is 60.9 Å². The minimum absolute atomic E-state index is 0.121. The molecule has 0 radical (unpaired) electrons. The fraction of sp³-hybridized carbons (Fsp3) is 0.231. The van der Waals surface area contributed by atoms with Gasteiger partial charge in [0.25, 0.3) is 5.91 Å². The van der Waals surface area contributed by atoms with E-state index in [2.05, 4.69) is 10.3 Å². The number of hydrogen-bond donors (Lipinski definition) is 1. The van der Waals surface area contributed by atoms with Gasteiger partial charge in [-0.2, -0.15) is 0 Å². The van der Waals surface area contributed by atoms with Gasteiger partial charge in [-0.05, 0) is 30.0 Å². The molecule has 2 aliphatic heterocycles. The topological polar surface area (TPSA) is 88.6 Å². The number of nitrogens with zero attached hydrogens (tertiary/aromatic N) is 2. The van der Waals surface area contributed by atoms with E-state index in [4.69, 9.17) is 16.3 Å². The van der Waals surface area contributed by atoms with Gasteiger partial charge in [-0.3, -0.25) is 24.7 Å². The molecule has 8 heteroatoms. The van der Waals surface area contributed by atoms with Crippen molar-refractivity contribution in [2.45, 2.75) is 38.3 Å². The van der Waals surface area contributed by atoms with Crippen LogP contribution in [-0.2, 0) is 20.9 Å². The maximum absolute atomic E-state index is 12.8. The minimum atomic E-state index is -0.567. The number of rotatable bonds is 4. The van der Waals surface area contributed by atoms with E-state index in [-0.39, 0.29) is 17.7 Å². The van der Waals surface area contributed by atoms with E-state index in [1.165, 1.54) is 0 Å². The molecule has 1 N–H and O–H groups in total. The van der Waals surface area contributed by atoms with Crippen molar-refractivity contribution in [2.24, 2.45) is 0 Å². The molecule has 0 saturated carbocycles. The number of anilines is 1. The number of ether oxygens (including phenoxy) is 1. The number of fused-ring (bicyclic) bond motifs is 1. The molecule has 0 spiro atoms. The van der Waals surface area contributed by atoms with E-state index in [1.807, 2.05) is 42.5 Å². The van der Waals surface area contributed by atoms with E-state index >= 15 is 0 Å². The average molecular weight is 476 g/mol. The summed E-state index contributed by atoms with van der Waals surface area (Å²) in [5.74, 6) is -0.506. The first kappa shape index (κ1) is 22.1. The van der Waals surface area contributed by atoms with Crippen LogP contribution in [-0.4, -0.2) is 28.8 Å². The minimum Gasteiger partial charge on any atom is -0.479 e. The van der Waals surface area contributed by atoms with Crippen LogP contribution in [0, 0.1) is 0 Å². The lowest BCUT2D eigenvalue weighted by Gasteiger charge is -2.32. The third-order valence-corrected chi connectivity index (χ3v) is 6.64. The zero-order chi connectivity index (χ0) is 23.8. The third kappa shape index (κ3) is 4.03. The van der Waals surface area contributed by atoms with Crippen LogP contribution in [0.1, 0.15) is 36.8 Å². The van der Waals surface area contributed by atoms with Crippen LogP contribution >= 0.6 is 11.6 Å². The third-order valence-electron chi connectivity index (χ3n) is 6.22. The summed E-state index contributed by atoms with van der Waals surface area (Å²) in [7, 11) is 0. The SMILES string of the molecule is CC1Oc2ccncc2N(Cc2ccc(-c3cccc([C@H]4CCC(=O)NC4=O)c3Cl)cc2)C1=O. The smallest absolute Gasteiger partial charge is 0.268 e. The Bertz CT molecular complexity index is 1290. The fourth-order valence-corrected chi connectivity index (χ4v) is 4.79. The molecule has 3 amide bonds. The Balaban J connectivity index is 1.40. The van der Waals surface area contributed by atoms with Crippen LogP contribution in [0.4, 0.5) is 5.69 Å². The van der Waals surface area contributed by atoms with Gasteiger partial charge in [-0.25, -0.2) is 0 Å². The molecule has 1 saturated heterocycles. The zero-order valence-electron chi connectivity index (χ0n) is 18.5. The molecule has 34 heavy (non-hydrogen) atoms. The highest BCUT2D eigenvalue weighted by molar-refractivity contribution is 6.34. The number of benzene rings is 2. The number of imide groups is 1. The molecule has 1 fully saturated rings. The van der Waals surface area contributed by atoms with Gasteiger partial charge >= 0.3 is 0 Å². The maximum Gasteiger partial charge on any atom is 0.268 e. The van der Waals surface area contributed by atoms with Crippen molar-refractivity contribution in [2.75, 3.05) is 4.90 Å². The van der Waals surface area contributed by atoms with Gasteiger partial charge in [0.05, 0.1) is 23.7 Å². The second-order valence-corrected chi connectivity index (χ2v) is 8.82. The maximum atomic E-state index is 12.8. The number of carbonyl (C=O) groups excluding carboxylic acids is 3. The molecule has 7 nitrogen and oxygen atoms in total. The van der Waals surface area contributed by atoms with Gasteiger partial charge in [0, 0.05) is 24.2 Å². The number of piperidine rings is 1. The highest BCUT2D eigenvalue weighted by Gasteiger charge is 2.32. The molecule has 172 valence electrons.